The van der Waals surface area contributed by atoms with E-state index in [4.69, 9.17) is 18.9 Å². The summed E-state index contributed by atoms with van der Waals surface area (Å²) in [6.07, 6.45) is 2.22. The molecule has 2 aromatic carbocycles. The molecule has 0 saturated heterocycles. The monoisotopic (exact) mass is 380 g/mol. The van der Waals surface area contributed by atoms with Crippen LogP contribution in [0.5, 0.6) is 23.0 Å². The summed E-state index contributed by atoms with van der Waals surface area (Å²) in [5.41, 5.74) is 2.65. The zero-order valence-corrected chi connectivity index (χ0v) is 15.4. The average Bonchev–Trinajstić information content (AvgIpc) is 3.16. The summed E-state index contributed by atoms with van der Waals surface area (Å²) in [6.45, 7) is 0.173. The lowest BCUT2D eigenvalue weighted by molar-refractivity contribution is -0.700. The van der Waals surface area contributed by atoms with Crippen molar-refractivity contribution >= 4 is 16.7 Å². The molecule has 2 aliphatic rings. The fourth-order valence-electron chi connectivity index (χ4n) is 3.98. The van der Waals surface area contributed by atoms with Gasteiger partial charge in [-0.15, -0.1) is 0 Å². The average molecular weight is 380 g/mol. The van der Waals surface area contributed by atoms with E-state index in [0.29, 0.717) is 29.4 Å². The van der Waals surface area contributed by atoms with Gasteiger partial charge >= 0.3 is 5.97 Å². The van der Waals surface area contributed by atoms with Crippen molar-refractivity contribution in [2.45, 2.75) is 12.5 Å². The first kappa shape index (κ1) is 16.7. The summed E-state index contributed by atoms with van der Waals surface area (Å²) in [7, 11) is 3.19. The van der Waals surface area contributed by atoms with Crippen molar-refractivity contribution in [2.75, 3.05) is 21.0 Å². The van der Waals surface area contributed by atoms with Crippen molar-refractivity contribution in [1.29, 1.82) is 0 Å². The highest BCUT2D eigenvalue weighted by Crippen LogP contribution is 2.42. The van der Waals surface area contributed by atoms with Gasteiger partial charge in [0.25, 0.3) is 6.04 Å². The van der Waals surface area contributed by atoms with E-state index in [-0.39, 0.29) is 6.79 Å². The van der Waals surface area contributed by atoms with E-state index in [1.165, 1.54) is 0 Å². The number of rotatable bonds is 3. The molecule has 0 fully saturated rings. The maximum atomic E-state index is 12.0. The van der Waals surface area contributed by atoms with Crippen LogP contribution >= 0.6 is 0 Å². The Hall–Kier alpha value is -3.48. The van der Waals surface area contributed by atoms with Gasteiger partial charge in [-0.2, -0.15) is 4.57 Å². The van der Waals surface area contributed by atoms with Gasteiger partial charge in [-0.25, -0.2) is 4.79 Å². The standard InChI is InChI=1S/C21H17NO6/c1-25-13-3-12-9-22-16(7-15(12)18(6-13)26-2)14-8-20-19(27-10-28-20)5-11(14)4-17(22)21(23)24/h3,5-9,17H,4,10H2,1-2H3/p+1. The van der Waals surface area contributed by atoms with Crippen molar-refractivity contribution in [3.63, 3.8) is 0 Å². The third-order valence-corrected chi connectivity index (χ3v) is 5.35. The second-order valence-electron chi connectivity index (χ2n) is 6.82. The largest absolute Gasteiger partial charge is 0.497 e. The SMILES string of the molecule is COc1cc(OC)c2cc3[n+](cc2c1)C(C(=O)O)Cc1cc2c(cc1-3)OCO2. The molecule has 1 unspecified atom stereocenters. The van der Waals surface area contributed by atoms with E-state index in [1.807, 2.05) is 36.5 Å². The summed E-state index contributed by atoms with van der Waals surface area (Å²) in [5, 5.41) is 11.6. The van der Waals surface area contributed by atoms with Gasteiger partial charge in [0.2, 0.25) is 12.5 Å². The first-order valence-electron chi connectivity index (χ1n) is 8.85. The van der Waals surface area contributed by atoms with Crippen molar-refractivity contribution in [1.82, 2.24) is 0 Å². The first-order valence-corrected chi connectivity index (χ1v) is 8.85. The topological polar surface area (TPSA) is 78.1 Å². The predicted octanol–water partition coefficient (Wildman–Crippen LogP) is 2.72. The molecule has 1 aromatic heterocycles. The van der Waals surface area contributed by atoms with Gasteiger partial charge in [0.15, 0.2) is 17.7 Å². The number of carboxylic acid groups (broad SMARTS) is 1. The van der Waals surface area contributed by atoms with E-state index in [9.17, 15) is 9.90 Å². The quantitative estimate of drug-likeness (QED) is 0.704. The van der Waals surface area contributed by atoms with Crippen LogP contribution < -0.4 is 23.5 Å². The molecular weight excluding hydrogens is 362 g/mol. The van der Waals surface area contributed by atoms with Crippen LogP contribution in [0.15, 0.2) is 36.5 Å². The lowest BCUT2D eigenvalue weighted by atomic mass is 9.91. The number of nitrogens with zero attached hydrogens (tertiary/aromatic N) is 1. The van der Waals surface area contributed by atoms with Gasteiger partial charge in [-0.05, 0) is 23.8 Å². The number of pyridine rings is 1. The van der Waals surface area contributed by atoms with Crippen LogP contribution in [0.4, 0.5) is 0 Å². The van der Waals surface area contributed by atoms with Crippen LogP contribution in [0.3, 0.4) is 0 Å². The number of methoxy groups -OCH3 is 2. The van der Waals surface area contributed by atoms with Gasteiger partial charge < -0.3 is 24.1 Å². The number of carbonyl (C=O) groups is 1. The van der Waals surface area contributed by atoms with Crippen molar-refractivity contribution in [3.05, 3.63) is 42.1 Å². The molecule has 2 aliphatic heterocycles. The van der Waals surface area contributed by atoms with E-state index in [0.717, 1.165) is 27.6 Å². The van der Waals surface area contributed by atoms with Crippen LogP contribution in [0.25, 0.3) is 22.0 Å². The Balaban J connectivity index is 1.82. The molecule has 3 heterocycles. The molecule has 28 heavy (non-hydrogen) atoms. The molecule has 0 saturated carbocycles. The lowest BCUT2D eigenvalue weighted by Crippen LogP contribution is -2.49. The molecule has 0 radical (unpaired) electrons. The van der Waals surface area contributed by atoms with Crippen LogP contribution in [0, 0.1) is 0 Å². The number of fused-ring (bicyclic) bond motifs is 5. The van der Waals surface area contributed by atoms with E-state index >= 15 is 0 Å². The molecule has 0 spiro atoms. The van der Waals surface area contributed by atoms with Crippen molar-refractivity contribution in [2.24, 2.45) is 0 Å². The van der Waals surface area contributed by atoms with Gasteiger partial charge in [-0.1, -0.05) is 0 Å². The number of carboxylic acids is 1. The number of hydrogen-bond donors (Lipinski definition) is 1. The number of ether oxygens (including phenoxy) is 4. The van der Waals surface area contributed by atoms with E-state index < -0.39 is 12.0 Å². The third-order valence-electron chi connectivity index (χ3n) is 5.35. The molecule has 1 N–H and O–H groups in total. The van der Waals surface area contributed by atoms with Gasteiger partial charge in [0.05, 0.1) is 25.2 Å². The number of benzene rings is 2. The summed E-state index contributed by atoms with van der Waals surface area (Å²) >= 11 is 0. The Kier molecular flexibility index (Phi) is 3.58. The molecule has 142 valence electrons. The third kappa shape index (κ3) is 2.36. The Labute approximate surface area is 160 Å². The maximum Gasteiger partial charge on any atom is 0.373 e. The molecule has 0 aliphatic carbocycles. The van der Waals surface area contributed by atoms with Gasteiger partial charge in [0, 0.05) is 23.9 Å². The Morgan fingerprint density at radius 3 is 2.61 bits per heavy atom. The van der Waals surface area contributed by atoms with Crippen LogP contribution in [-0.2, 0) is 11.2 Å². The van der Waals surface area contributed by atoms with Crippen molar-refractivity contribution in [3.8, 4) is 34.3 Å². The summed E-state index contributed by atoms with van der Waals surface area (Å²) in [6, 6.07) is 8.74. The number of aromatic nitrogens is 1. The van der Waals surface area contributed by atoms with Crippen LogP contribution in [0.2, 0.25) is 0 Å². The normalized spacial score (nSPS) is 16.4. The first-order chi connectivity index (χ1) is 13.6. The predicted molar refractivity (Wildman–Crippen MR) is 99.2 cm³/mol. The fourth-order valence-corrected chi connectivity index (χ4v) is 3.98. The molecule has 0 amide bonds. The minimum atomic E-state index is -0.885. The molecule has 5 rings (SSSR count). The van der Waals surface area contributed by atoms with Crippen LogP contribution in [0.1, 0.15) is 11.6 Å². The fraction of sp³-hybridized carbons (Fsp3) is 0.238. The van der Waals surface area contributed by atoms with E-state index in [2.05, 4.69) is 0 Å². The van der Waals surface area contributed by atoms with Gasteiger partial charge in [-0.3, -0.25) is 0 Å². The smallest absolute Gasteiger partial charge is 0.373 e. The number of aliphatic carboxylic acids is 1. The molecule has 7 nitrogen and oxygen atoms in total. The second kappa shape index (κ2) is 6.02. The molecule has 3 aromatic rings. The zero-order valence-electron chi connectivity index (χ0n) is 15.4. The number of hydrogen-bond acceptors (Lipinski definition) is 5. The minimum absolute atomic E-state index is 0.173. The van der Waals surface area contributed by atoms with Crippen molar-refractivity contribution < 1.29 is 33.4 Å². The molecule has 0 bridgehead atoms. The highest BCUT2D eigenvalue weighted by Gasteiger charge is 2.38. The summed E-state index contributed by atoms with van der Waals surface area (Å²) in [5.74, 6) is 1.75. The maximum absolute atomic E-state index is 12.0. The Morgan fingerprint density at radius 1 is 1.11 bits per heavy atom. The second-order valence-corrected chi connectivity index (χ2v) is 6.82. The van der Waals surface area contributed by atoms with E-state index in [1.54, 1.807) is 18.8 Å². The summed E-state index contributed by atoms with van der Waals surface area (Å²) < 4.78 is 23.7. The molecule has 7 heteroatoms. The molecular formula is C21H18NO6+. The Bertz CT molecular complexity index is 1140. The minimum Gasteiger partial charge on any atom is -0.497 e. The highest BCUT2D eigenvalue weighted by molar-refractivity contribution is 5.91. The summed E-state index contributed by atoms with van der Waals surface area (Å²) in [4.78, 5) is 12.0. The zero-order chi connectivity index (χ0) is 19.4. The van der Waals surface area contributed by atoms with Gasteiger partial charge in [0.1, 0.15) is 11.5 Å². The molecule has 1 atom stereocenters. The lowest BCUT2D eigenvalue weighted by Gasteiger charge is -2.21. The Morgan fingerprint density at radius 2 is 1.89 bits per heavy atom. The van der Waals surface area contributed by atoms with Crippen LogP contribution in [-0.4, -0.2) is 32.1 Å². The highest BCUT2D eigenvalue weighted by atomic mass is 16.7.